The molecule has 2 rings (SSSR count). The first kappa shape index (κ1) is 12.7. The molecule has 1 heterocycles. The summed E-state index contributed by atoms with van der Waals surface area (Å²) < 4.78 is 0. The monoisotopic (exact) mass is 253 g/mol. The van der Waals surface area contributed by atoms with Crippen molar-refractivity contribution < 1.29 is 9.90 Å². The summed E-state index contributed by atoms with van der Waals surface area (Å²) >= 11 is 1.59. The highest BCUT2D eigenvalue weighted by atomic mass is 32.1. The number of nitrogens with zero attached hydrogens (tertiary/aromatic N) is 1. The molecular formula is C13H19NO2S. The number of Topliss-reactive ketones (excluding diaryl/α,β-unsaturated/α-hetero) is 1. The fraction of sp³-hybridized carbons (Fsp3) is 0.615. The standard InChI is InChI=1S/C13H19NO2S/c1-2-11-5-6-13(17-11)12(16)9-14(7-8-15)10-3-4-10/h5-6,10,15H,2-4,7-9H2,1H3. The van der Waals surface area contributed by atoms with E-state index in [0.29, 0.717) is 19.1 Å². The van der Waals surface area contributed by atoms with Crippen molar-refractivity contribution in [2.24, 2.45) is 0 Å². The number of rotatable bonds is 7. The highest BCUT2D eigenvalue weighted by molar-refractivity contribution is 7.14. The van der Waals surface area contributed by atoms with Crippen LogP contribution in [0.1, 0.15) is 34.3 Å². The molecule has 0 spiro atoms. The lowest BCUT2D eigenvalue weighted by atomic mass is 10.3. The van der Waals surface area contributed by atoms with Gasteiger partial charge in [-0.3, -0.25) is 9.69 Å². The van der Waals surface area contributed by atoms with Crippen LogP contribution >= 0.6 is 11.3 Å². The van der Waals surface area contributed by atoms with E-state index in [9.17, 15) is 4.79 Å². The molecular weight excluding hydrogens is 234 g/mol. The van der Waals surface area contributed by atoms with Crippen LogP contribution in [0.25, 0.3) is 0 Å². The molecule has 0 radical (unpaired) electrons. The predicted octanol–water partition coefficient (Wildman–Crippen LogP) is 1.95. The third-order valence-corrected chi connectivity index (χ3v) is 4.35. The minimum absolute atomic E-state index is 0.133. The molecule has 0 aliphatic heterocycles. The van der Waals surface area contributed by atoms with E-state index in [0.717, 1.165) is 24.1 Å². The summed E-state index contributed by atoms with van der Waals surface area (Å²) in [6, 6.07) is 4.48. The maximum absolute atomic E-state index is 12.1. The fourth-order valence-corrected chi connectivity index (χ4v) is 2.82. The van der Waals surface area contributed by atoms with Crippen molar-refractivity contribution in [3.63, 3.8) is 0 Å². The van der Waals surface area contributed by atoms with Crippen LogP contribution < -0.4 is 0 Å². The second-order valence-corrected chi connectivity index (χ2v) is 5.64. The summed E-state index contributed by atoms with van der Waals surface area (Å²) in [6.45, 7) is 3.30. The van der Waals surface area contributed by atoms with Crippen LogP contribution in [0, 0.1) is 0 Å². The van der Waals surface area contributed by atoms with E-state index in [-0.39, 0.29) is 12.4 Å². The van der Waals surface area contributed by atoms with Gasteiger partial charge < -0.3 is 5.11 Å². The van der Waals surface area contributed by atoms with Crippen LogP contribution in [0.15, 0.2) is 12.1 Å². The second-order valence-electron chi connectivity index (χ2n) is 4.47. The van der Waals surface area contributed by atoms with Crippen LogP contribution in [-0.4, -0.2) is 41.5 Å². The Hall–Kier alpha value is -0.710. The summed E-state index contributed by atoms with van der Waals surface area (Å²) in [6.07, 6.45) is 3.32. The van der Waals surface area contributed by atoms with Crippen molar-refractivity contribution in [1.82, 2.24) is 4.90 Å². The maximum Gasteiger partial charge on any atom is 0.186 e. The zero-order valence-electron chi connectivity index (χ0n) is 10.2. The minimum Gasteiger partial charge on any atom is -0.395 e. The Labute approximate surface area is 106 Å². The van der Waals surface area contributed by atoms with Gasteiger partial charge in [-0.25, -0.2) is 0 Å². The SMILES string of the molecule is CCc1ccc(C(=O)CN(CCO)C2CC2)s1. The molecule has 1 aromatic rings. The van der Waals surface area contributed by atoms with E-state index in [2.05, 4.69) is 11.8 Å². The van der Waals surface area contributed by atoms with Gasteiger partial charge in [0.05, 0.1) is 18.0 Å². The van der Waals surface area contributed by atoms with Crippen molar-refractivity contribution in [2.45, 2.75) is 32.2 Å². The average Bonchev–Trinajstić information content (AvgIpc) is 3.06. The second kappa shape index (κ2) is 5.76. The summed E-state index contributed by atoms with van der Waals surface area (Å²) in [5.41, 5.74) is 0. The van der Waals surface area contributed by atoms with Crippen LogP contribution in [0.3, 0.4) is 0 Å². The van der Waals surface area contributed by atoms with Gasteiger partial charge in [0, 0.05) is 17.5 Å². The molecule has 1 aromatic heterocycles. The smallest absolute Gasteiger partial charge is 0.186 e. The van der Waals surface area contributed by atoms with Gasteiger partial charge in [0.1, 0.15) is 0 Å². The van der Waals surface area contributed by atoms with Gasteiger partial charge in [-0.2, -0.15) is 0 Å². The number of thiophene rings is 1. The molecule has 0 saturated heterocycles. The van der Waals surface area contributed by atoms with Gasteiger partial charge >= 0.3 is 0 Å². The number of aryl methyl sites for hydroxylation is 1. The Morgan fingerprint density at radius 3 is 2.82 bits per heavy atom. The topological polar surface area (TPSA) is 40.5 Å². The quantitative estimate of drug-likeness (QED) is 0.755. The molecule has 1 saturated carbocycles. The molecule has 3 nitrogen and oxygen atoms in total. The van der Waals surface area contributed by atoms with Crippen molar-refractivity contribution in [3.05, 3.63) is 21.9 Å². The third-order valence-electron chi connectivity index (χ3n) is 3.08. The summed E-state index contributed by atoms with van der Waals surface area (Å²) in [5.74, 6) is 0.190. The molecule has 17 heavy (non-hydrogen) atoms. The molecule has 1 N–H and O–H groups in total. The Bertz CT molecular complexity index is 385. The molecule has 1 aliphatic rings. The first-order valence-electron chi connectivity index (χ1n) is 6.21. The van der Waals surface area contributed by atoms with Gasteiger partial charge in [0.15, 0.2) is 5.78 Å². The van der Waals surface area contributed by atoms with Crippen LogP contribution in [0.2, 0.25) is 0 Å². The van der Waals surface area contributed by atoms with E-state index < -0.39 is 0 Å². The molecule has 0 bridgehead atoms. The highest BCUT2D eigenvalue weighted by Gasteiger charge is 2.30. The molecule has 4 heteroatoms. The van der Waals surface area contributed by atoms with Crippen LogP contribution in [0.5, 0.6) is 0 Å². The average molecular weight is 253 g/mol. The molecule has 0 aromatic carbocycles. The minimum atomic E-state index is 0.133. The van der Waals surface area contributed by atoms with Gasteiger partial charge in [-0.1, -0.05) is 6.92 Å². The van der Waals surface area contributed by atoms with Gasteiger partial charge in [-0.15, -0.1) is 11.3 Å². The summed E-state index contributed by atoms with van der Waals surface area (Å²) in [4.78, 5) is 16.3. The van der Waals surface area contributed by atoms with Crippen LogP contribution in [-0.2, 0) is 6.42 Å². The van der Waals surface area contributed by atoms with E-state index in [1.54, 1.807) is 11.3 Å². The van der Waals surface area contributed by atoms with Crippen molar-refractivity contribution in [2.75, 3.05) is 19.7 Å². The third kappa shape index (κ3) is 3.37. The lowest BCUT2D eigenvalue weighted by Crippen LogP contribution is -2.34. The van der Waals surface area contributed by atoms with E-state index in [4.69, 9.17) is 5.11 Å². The maximum atomic E-state index is 12.1. The lowest BCUT2D eigenvalue weighted by Gasteiger charge is -2.19. The highest BCUT2D eigenvalue weighted by Crippen LogP contribution is 2.27. The van der Waals surface area contributed by atoms with E-state index in [1.165, 1.54) is 4.88 Å². The molecule has 0 amide bonds. The Morgan fingerprint density at radius 2 is 2.29 bits per heavy atom. The van der Waals surface area contributed by atoms with Crippen molar-refractivity contribution in [3.8, 4) is 0 Å². The predicted molar refractivity (Wildman–Crippen MR) is 69.7 cm³/mol. The Kier molecular flexibility index (Phi) is 4.31. The number of aliphatic hydroxyl groups excluding tert-OH is 1. The number of aliphatic hydroxyl groups is 1. The largest absolute Gasteiger partial charge is 0.395 e. The molecule has 0 atom stereocenters. The molecule has 1 fully saturated rings. The molecule has 94 valence electrons. The lowest BCUT2D eigenvalue weighted by molar-refractivity contribution is 0.0911. The van der Waals surface area contributed by atoms with E-state index in [1.807, 2.05) is 12.1 Å². The van der Waals surface area contributed by atoms with E-state index >= 15 is 0 Å². The number of carbonyl (C=O) groups excluding carboxylic acids is 1. The first-order valence-corrected chi connectivity index (χ1v) is 7.03. The zero-order valence-corrected chi connectivity index (χ0v) is 11.0. The fourth-order valence-electron chi connectivity index (χ4n) is 1.94. The Balaban J connectivity index is 1.94. The molecule has 0 unspecified atom stereocenters. The number of ketones is 1. The van der Waals surface area contributed by atoms with Gasteiger partial charge in [-0.05, 0) is 31.4 Å². The summed E-state index contributed by atoms with van der Waals surface area (Å²) in [5, 5.41) is 8.99. The molecule has 1 aliphatic carbocycles. The van der Waals surface area contributed by atoms with Gasteiger partial charge in [0.2, 0.25) is 0 Å². The van der Waals surface area contributed by atoms with Crippen molar-refractivity contribution >= 4 is 17.1 Å². The van der Waals surface area contributed by atoms with Crippen LogP contribution in [0.4, 0.5) is 0 Å². The number of hydrogen-bond donors (Lipinski definition) is 1. The summed E-state index contributed by atoms with van der Waals surface area (Å²) in [7, 11) is 0. The first-order chi connectivity index (χ1) is 8.24. The van der Waals surface area contributed by atoms with Gasteiger partial charge in [0.25, 0.3) is 0 Å². The number of carbonyl (C=O) groups is 1. The number of hydrogen-bond acceptors (Lipinski definition) is 4. The zero-order chi connectivity index (χ0) is 12.3. The van der Waals surface area contributed by atoms with Crippen molar-refractivity contribution in [1.29, 1.82) is 0 Å². The normalized spacial score (nSPS) is 15.5. The Morgan fingerprint density at radius 1 is 1.53 bits per heavy atom.